The van der Waals surface area contributed by atoms with E-state index in [4.69, 9.17) is 15.2 Å². The molecule has 0 radical (unpaired) electrons. The minimum absolute atomic E-state index is 0.266. The molecule has 0 aliphatic rings. The molecule has 0 spiro atoms. The monoisotopic (exact) mass is 271 g/mol. The summed E-state index contributed by atoms with van der Waals surface area (Å²) in [4.78, 5) is 11.7. The minimum atomic E-state index is -0.498. The molecule has 20 heavy (non-hydrogen) atoms. The highest BCUT2D eigenvalue weighted by Gasteiger charge is 2.16. The molecule has 0 amide bonds. The maximum atomic E-state index is 11.7. The Morgan fingerprint density at radius 2 is 1.85 bits per heavy atom. The van der Waals surface area contributed by atoms with Crippen molar-refractivity contribution < 1.29 is 14.3 Å². The smallest absolute Gasteiger partial charge is 0.343 e. The summed E-state index contributed by atoms with van der Waals surface area (Å²) in [6, 6.07) is 13.1. The first kappa shape index (κ1) is 13.9. The number of anilines is 1. The second-order valence-corrected chi connectivity index (χ2v) is 4.49. The van der Waals surface area contributed by atoms with Gasteiger partial charge in [0.05, 0.1) is 7.11 Å². The number of nitrogen functional groups attached to an aromatic ring is 1. The van der Waals surface area contributed by atoms with Gasteiger partial charge in [0.15, 0.2) is 0 Å². The van der Waals surface area contributed by atoms with Gasteiger partial charge in [0, 0.05) is 5.69 Å². The Morgan fingerprint density at radius 3 is 2.50 bits per heavy atom. The number of aryl methyl sites for hydroxylation is 1. The summed E-state index contributed by atoms with van der Waals surface area (Å²) in [6.45, 7) is 2.39. The highest BCUT2D eigenvalue weighted by Crippen LogP contribution is 2.26. The molecular weight excluding hydrogens is 254 g/mol. The van der Waals surface area contributed by atoms with Crippen LogP contribution in [0.5, 0.6) is 5.75 Å². The van der Waals surface area contributed by atoms with Gasteiger partial charge in [-0.05, 0) is 24.6 Å². The van der Waals surface area contributed by atoms with Crippen LogP contribution in [-0.2, 0) is 11.3 Å². The molecule has 0 unspecified atom stereocenters. The summed E-state index contributed by atoms with van der Waals surface area (Å²) in [5, 5.41) is 0. The summed E-state index contributed by atoms with van der Waals surface area (Å²) >= 11 is 0. The summed E-state index contributed by atoms with van der Waals surface area (Å²) in [5.41, 5.74) is 8.63. The molecule has 104 valence electrons. The van der Waals surface area contributed by atoms with Crippen LogP contribution in [0.3, 0.4) is 0 Å². The van der Waals surface area contributed by atoms with Crippen LogP contribution in [0.2, 0.25) is 0 Å². The lowest BCUT2D eigenvalue weighted by Gasteiger charge is -2.12. The van der Waals surface area contributed by atoms with Gasteiger partial charge >= 0.3 is 5.97 Å². The molecule has 0 fully saturated rings. The third-order valence-corrected chi connectivity index (χ3v) is 2.96. The lowest BCUT2D eigenvalue weighted by atomic mass is 10.1. The van der Waals surface area contributed by atoms with Crippen molar-refractivity contribution in [3.05, 3.63) is 59.2 Å². The Kier molecular flexibility index (Phi) is 4.25. The highest BCUT2D eigenvalue weighted by molar-refractivity contribution is 5.98. The van der Waals surface area contributed by atoms with Gasteiger partial charge in [-0.15, -0.1) is 0 Å². The van der Waals surface area contributed by atoms with Gasteiger partial charge < -0.3 is 15.2 Å². The van der Waals surface area contributed by atoms with E-state index >= 15 is 0 Å². The molecular formula is C16H17NO3. The van der Waals surface area contributed by atoms with Gasteiger partial charge in [0.2, 0.25) is 0 Å². The number of carbonyl (C=O) groups excluding carboxylic acids is 1. The van der Waals surface area contributed by atoms with Gasteiger partial charge in [0.25, 0.3) is 0 Å². The average Bonchev–Trinajstić information content (AvgIpc) is 2.46. The van der Waals surface area contributed by atoms with Crippen molar-refractivity contribution in [2.24, 2.45) is 0 Å². The first-order valence-corrected chi connectivity index (χ1v) is 6.27. The zero-order valence-corrected chi connectivity index (χ0v) is 11.6. The Bertz CT molecular complexity index is 606. The molecule has 4 nitrogen and oxygen atoms in total. The topological polar surface area (TPSA) is 61.5 Å². The molecule has 0 saturated carbocycles. The third kappa shape index (κ3) is 3.09. The Labute approximate surface area is 118 Å². The second kappa shape index (κ2) is 6.10. The number of esters is 1. The van der Waals surface area contributed by atoms with Crippen LogP contribution in [-0.4, -0.2) is 13.1 Å². The lowest BCUT2D eigenvalue weighted by Crippen LogP contribution is -2.09. The number of methoxy groups -OCH3 is 1. The maximum absolute atomic E-state index is 11.7. The molecule has 0 saturated heterocycles. The number of carbonyl (C=O) groups is 1. The molecule has 2 N–H and O–H groups in total. The zero-order chi connectivity index (χ0) is 14.5. The first-order chi connectivity index (χ1) is 9.61. The molecule has 4 heteroatoms. The van der Waals surface area contributed by atoms with Crippen LogP contribution in [0, 0.1) is 6.92 Å². The number of rotatable bonds is 4. The minimum Gasteiger partial charge on any atom is -0.488 e. The van der Waals surface area contributed by atoms with Crippen molar-refractivity contribution in [2.45, 2.75) is 13.5 Å². The molecule has 0 atom stereocenters. The van der Waals surface area contributed by atoms with E-state index in [0.717, 1.165) is 5.56 Å². The van der Waals surface area contributed by atoms with Crippen LogP contribution in [0.4, 0.5) is 5.69 Å². The van der Waals surface area contributed by atoms with Gasteiger partial charge in [-0.3, -0.25) is 0 Å². The van der Waals surface area contributed by atoms with Crippen molar-refractivity contribution in [2.75, 3.05) is 12.8 Å². The van der Waals surface area contributed by atoms with Crippen molar-refractivity contribution in [1.29, 1.82) is 0 Å². The number of ether oxygens (including phenoxy) is 2. The normalized spacial score (nSPS) is 10.1. The van der Waals surface area contributed by atoms with Crippen LogP contribution >= 0.6 is 0 Å². The third-order valence-electron chi connectivity index (χ3n) is 2.96. The second-order valence-electron chi connectivity index (χ2n) is 4.49. The van der Waals surface area contributed by atoms with Gasteiger partial charge in [0.1, 0.15) is 17.9 Å². The number of hydrogen-bond acceptors (Lipinski definition) is 4. The largest absolute Gasteiger partial charge is 0.488 e. The fraction of sp³-hybridized carbons (Fsp3) is 0.188. The van der Waals surface area contributed by atoms with E-state index in [1.165, 1.54) is 12.7 Å². The standard InChI is InChI=1S/C16H17NO3/c1-11-6-8-12(9-7-11)10-20-14-5-3-4-13(17)15(14)16(18)19-2/h3-9H,10,17H2,1-2H3. The highest BCUT2D eigenvalue weighted by atomic mass is 16.5. The van der Waals surface area contributed by atoms with E-state index in [-0.39, 0.29) is 5.56 Å². The van der Waals surface area contributed by atoms with Crippen molar-refractivity contribution >= 4 is 11.7 Å². The molecule has 0 aromatic heterocycles. The molecule has 2 aromatic rings. The Morgan fingerprint density at radius 1 is 1.15 bits per heavy atom. The fourth-order valence-electron chi connectivity index (χ4n) is 1.83. The lowest BCUT2D eigenvalue weighted by molar-refractivity contribution is 0.0597. The number of nitrogens with two attached hydrogens (primary N) is 1. The van der Waals surface area contributed by atoms with E-state index in [0.29, 0.717) is 18.0 Å². The van der Waals surface area contributed by atoms with E-state index in [1.807, 2.05) is 31.2 Å². The van der Waals surface area contributed by atoms with E-state index in [1.54, 1.807) is 18.2 Å². The van der Waals surface area contributed by atoms with Crippen LogP contribution in [0.15, 0.2) is 42.5 Å². The van der Waals surface area contributed by atoms with E-state index in [2.05, 4.69) is 0 Å². The van der Waals surface area contributed by atoms with Crippen LogP contribution < -0.4 is 10.5 Å². The quantitative estimate of drug-likeness (QED) is 0.686. The van der Waals surface area contributed by atoms with Crippen molar-refractivity contribution in [3.8, 4) is 5.75 Å². The molecule has 2 aromatic carbocycles. The molecule has 0 heterocycles. The fourth-order valence-corrected chi connectivity index (χ4v) is 1.83. The van der Waals surface area contributed by atoms with Gasteiger partial charge in [-0.1, -0.05) is 35.9 Å². The summed E-state index contributed by atoms with van der Waals surface area (Å²) in [5.74, 6) is -0.0700. The molecule has 0 aliphatic heterocycles. The van der Waals surface area contributed by atoms with Gasteiger partial charge in [-0.2, -0.15) is 0 Å². The maximum Gasteiger partial charge on any atom is 0.343 e. The average molecular weight is 271 g/mol. The van der Waals surface area contributed by atoms with Crippen LogP contribution in [0.25, 0.3) is 0 Å². The predicted octanol–water partition coefficient (Wildman–Crippen LogP) is 2.94. The summed E-state index contributed by atoms with van der Waals surface area (Å²) in [6.07, 6.45) is 0. The van der Waals surface area contributed by atoms with E-state index in [9.17, 15) is 4.79 Å². The Balaban J connectivity index is 2.19. The van der Waals surface area contributed by atoms with Crippen LogP contribution in [0.1, 0.15) is 21.5 Å². The summed E-state index contributed by atoms with van der Waals surface area (Å²) in [7, 11) is 1.32. The zero-order valence-electron chi connectivity index (χ0n) is 11.6. The van der Waals surface area contributed by atoms with Crippen molar-refractivity contribution in [1.82, 2.24) is 0 Å². The van der Waals surface area contributed by atoms with E-state index < -0.39 is 5.97 Å². The molecule has 2 rings (SSSR count). The van der Waals surface area contributed by atoms with Gasteiger partial charge in [-0.25, -0.2) is 4.79 Å². The molecule has 0 aliphatic carbocycles. The molecule has 0 bridgehead atoms. The number of hydrogen-bond donors (Lipinski definition) is 1. The number of benzene rings is 2. The SMILES string of the molecule is COC(=O)c1c(N)cccc1OCc1ccc(C)cc1. The predicted molar refractivity (Wildman–Crippen MR) is 77.7 cm³/mol. The summed E-state index contributed by atoms with van der Waals surface area (Å²) < 4.78 is 10.4. The first-order valence-electron chi connectivity index (χ1n) is 6.27. The Hall–Kier alpha value is -2.49. The van der Waals surface area contributed by atoms with Crippen molar-refractivity contribution in [3.63, 3.8) is 0 Å².